The number of aromatic nitrogens is 2. The number of carbonyl (C=O) groups excluding carboxylic acids is 1. The summed E-state index contributed by atoms with van der Waals surface area (Å²) < 4.78 is 5.78. The van der Waals surface area contributed by atoms with Crippen LogP contribution in [0.4, 0.5) is 5.69 Å². The molecule has 0 aliphatic rings. The third-order valence-electron chi connectivity index (χ3n) is 4.62. The highest BCUT2D eigenvalue weighted by atomic mass is 32.1. The van der Waals surface area contributed by atoms with Gasteiger partial charge in [0.15, 0.2) is 10.7 Å². The molecule has 2 aromatic carbocycles. The highest BCUT2D eigenvalue weighted by molar-refractivity contribution is 7.80. The second-order valence-corrected chi connectivity index (χ2v) is 7.54. The van der Waals surface area contributed by atoms with Crippen LogP contribution in [-0.4, -0.2) is 21.0 Å². The molecule has 4 aromatic rings. The maximum absolute atomic E-state index is 12.4. The summed E-state index contributed by atoms with van der Waals surface area (Å²) >= 11 is 5.29. The first kappa shape index (κ1) is 19.7. The van der Waals surface area contributed by atoms with Crippen molar-refractivity contribution >= 4 is 40.0 Å². The first-order valence-corrected chi connectivity index (χ1v) is 9.94. The molecule has 0 unspecified atom stereocenters. The Morgan fingerprint density at radius 1 is 1.10 bits per heavy atom. The van der Waals surface area contributed by atoms with Gasteiger partial charge in [0.25, 0.3) is 5.91 Å². The lowest BCUT2D eigenvalue weighted by Gasteiger charge is -2.10. The van der Waals surface area contributed by atoms with Gasteiger partial charge in [0.1, 0.15) is 5.52 Å². The number of hydrogen-bond donors (Lipinski definition) is 2. The first-order valence-electron chi connectivity index (χ1n) is 9.53. The zero-order chi connectivity index (χ0) is 21.1. The number of amides is 1. The molecule has 0 bridgehead atoms. The Bertz CT molecular complexity index is 1200. The summed E-state index contributed by atoms with van der Waals surface area (Å²) in [5.74, 6) is 0.648. The molecule has 0 fully saturated rings. The average molecular weight is 417 g/mol. The van der Waals surface area contributed by atoms with Gasteiger partial charge in [-0.15, -0.1) is 0 Å². The van der Waals surface area contributed by atoms with Gasteiger partial charge >= 0.3 is 0 Å². The number of nitrogens with zero attached hydrogens (tertiary/aromatic N) is 2. The highest BCUT2D eigenvalue weighted by Crippen LogP contribution is 2.25. The Kier molecular flexibility index (Phi) is 5.54. The van der Waals surface area contributed by atoms with E-state index in [0.717, 1.165) is 5.56 Å². The van der Waals surface area contributed by atoms with E-state index in [-0.39, 0.29) is 11.0 Å². The number of anilines is 1. The minimum absolute atomic E-state index is 0.211. The molecule has 150 valence electrons. The Labute approximate surface area is 179 Å². The van der Waals surface area contributed by atoms with Crippen molar-refractivity contribution in [3.8, 4) is 11.5 Å². The first-order chi connectivity index (χ1) is 14.5. The number of fused-ring (bicyclic) bond motifs is 1. The summed E-state index contributed by atoms with van der Waals surface area (Å²) in [5, 5.41) is 5.93. The van der Waals surface area contributed by atoms with E-state index in [0.29, 0.717) is 34.2 Å². The van der Waals surface area contributed by atoms with E-state index in [9.17, 15) is 4.79 Å². The number of hydrogen-bond acceptors (Lipinski definition) is 5. The Hall–Kier alpha value is -3.58. The largest absolute Gasteiger partial charge is 0.436 e. The number of pyridine rings is 1. The van der Waals surface area contributed by atoms with E-state index in [1.54, 1.807) is 30.6 Å². The zero-order valence-corrected chi connectivity index (χ0v) is 17.4. The van der Waals surface area contributed by atoms with Gasteiger partial charge in [-0.3, -0.25) is 15.1 Å². The molecule has 0 aliphatic heterocycles. The SMILES string of the molecule is CC(C)c1ccc(C(=O)NC(=S)Nc2ccc3oc(-c4cccnc4)nc3c2)cc1. The van der Waals surface area contributed by atoms with Crippen LogP contribution in [0.15, 0.2) is 71.4 Å². The van der Waals surface area contributed by atoms with Crippen LogP contribution in [0.3, 0.4) is 0 Å². The third kappa shape index (κ3) is 4.36. The van der Waals surface area contributed by atoms with Gasteiger partial charge in [-0.05, 0) is 66.2 Å². The minimum Gasteiger partial charge on any atom is -0.436 e. The summed E-state index contributed by atoms with van der Waals surface area (Å²) in [6.07, 6.45) is 3.39. The van der Waals surface area contributed by atoms with E-state index in [1.807, 2.05) is 36.4 Å². The van der Waals surface area contributed by atoms with Crippen LogP contribution >= 0.6 is 12.2 Å². The molecule has 0 aliphatic carbocycles. The zero-order valence-electron chi connectivity index (χ0n) is 16.5. The van der Waals surface area contributed by atoms with Crippen LogP contribution in [0.1, 0.15) is 35.7 Å². The average Bonchev–Trinajstić information content (AvgIpc) is 3.18. The summed E-state index contributed by atoms with van der Waals surface area (Å²) in [7, 11) is 0. The molecule has 0 saturated heterocycles. The highest BCUT2D eigenvalue weighted by Gasteiger charge is 2.11. The van der Waals surface area contributed by atoms with Gasteiger partial charge in [-0.25, -0.2) is 4.98 Å². The third-order valence-corrected chi connectivity index (χ3v) is 4.82. The lowest BCUT2D eigenvalue weighted by atomic mass is 10.0. The number of rotatable bonds is 4. The molecule has 6 nitrogen and oxygen atoms in total. The lowest BCUT2D eigenvalue weighted by molar-refractivity contribution is 0.0977. The van der Waals surface area contributed by atoms with Crippen molar-refractivity contribution in [2.75, 3.05) is 5.32 Å². The van der Waals surface area contributed by atoms with Gasteiger partial charge in [-0.1, -0.05) is 26.0 Å². The molecule has 2 aromatic heterocycles. The van der Waals surface area contributed by atoms with Crippen molar-refractivity contribution in [2.45, 2.75) is 19.8 Å². The van der Waals surface area contributed by atoms with Crippen LogP contribution in [0.2, 0.25) is 0 Å². The molecule has 4 rings (SSSR count). The quantitative estimate of drug-likeness (QED) is 0.449. The van der Waals surface area contributed by atoms with E-state index in [1.165, 1.54) is 5.56 Å². The number of thiocarbonyl (C=S) groups is 1. The molecular weight excluding hydrogens is 396 g/mol. The summed E-state index contributed by atoms with van der Waals surface area (Å²) in [4.78, 5) is 21.0. The number of nitrogens with one attached hydrogen (secondary N) is 2. The second-order valence-electron chi connectivity index (χ2n) is 7.13. The van der Waals surface area contributed by atoms with Crippen molar-refractivity contribution in [2.24, 2.45) is 0 Å². The summed E-state index contributed by atoms with van der Waals surface area (Å²) in [5.41, 5.74) is 4.57. The van der Waals surface area contributed by atoms with Gasteiger partial charge in [-0.2, -0.15) is 0 Å². The number of oxazole rings is 1. The molecule has 2 N–H and O–H groups in total. The van der Waals surface area contributed by atoms with Crippen molar-refractivity contribution < 1.29 is 9.21 Å². The maximum atomic E-state index is 12.4. The van der Waals surface area contributed by atoms with Gasteiger partial charge < -0.3 is 9.73 Å². The monoisotopic (exact) mass is 416 g/mol. The summed E-state index contributed by atoms with van der Waals surface area (Å²) in [6, 6.07) is 16.7. The van der Waals surface area contributed by atoms with Crippen molar-refractivity contribution in [1.29, 1.82) is 0 Å². The van der Waals surface area contributed by atoms with Crippen molar-refractivity contribution in [3.05, 3.63) is 78.1 Å². The predicted octanol–water partition coefficient (Wildman–Crippen LogP) is 5.14. The Morgan fingerprint density at radius 2 is 1.90 bits per heavy atom. The van der Waals surface area contributed by atoms with Crippen LogP contribution < -0.4 is 10.6 Å². The smallest absolute Gasteiger partial charge is 0.257 e. The van der Waals surface area contributed by atoms with Crippen LogP contribution in [-0.2, 0) is 0 Å². The van der Waals surface area contributed by atoms with E-state index >= 15 is 0 Å². The van der Waals surface area contributed by atoms with Crippen molar-refractivity contribution in [1.82, 2.24) is 15.3 Å². The van der Waals surface area contributed by atoms with Crippen LogP contribution in [0, 0.1) is 0 Å². The molecule has 0 spiro atoms. The maximum Gasteiger partial charge on any atom is 0.257 e. The van der Waals surface area contributed by atoms with Gasteiger partial charge in [0.05, 0.1) is 5.56 Å². The molecular formula is C23H20N4O2S. The van der Waals surface area contributed by atoms with Crippen molar-refractivity contribution in [3.63, 3.8) is 0 Å². The normalized spacial score (nSPS) is 10.9. The Balaban J connectivity index is 1.44. The predicted molar refractivity (Wildman–Crippen MR) is 121 cm³/mol. The molecule has 0 radical (unpaired) electrons. The molecule has 30 heavy (non-hydrogen) atoms. The standard InChI is InChI=1S/C23H20N4O2S/c1-14(2)15-5-7-16(8-6-15)21(28)27-23(30)25-18-9-10-20-19(12-18)26-22(29-20)17-4-3-11-24-13-17/h3-14H,1-2H3,(H2,25,27,28,30). The second kappa shape index (κ2) is 8.42. The molecule has 2 heterocycles. The fraction of sp³-hybridized carbons (Fsp3) is 0.130. The van der Waals surface area contributed by atoms with E-state index < -0.39 is 0 Å². The van der Waals surface area contributed by atoms with Gasteiger partial charge in [0.2, 0.25) is 5.89 Å². The Morgan fingerprint density at radius 3 is 2.60 bits per heavy atom. The van der Waals surface area contributed by atoms with Crippen LogP contribution in [0.5, 0.6) is 0 Å². The topological polar surface area (TPSA) is 80.0 Å². The minimum atomic E-state index is -0.260. The lowest BCUT2D eigenvalue weighted by Crippen LogP contribution is -2.34. The molecule has 7 heteroatoms. The number of carbonyl (C=O) groups is 1. The molecule has 1 amide bonds. The van der Waals surface area contributed by atoms with Gasteiger partial charge in [0, 0.05) is 23.6 Å². The fourth-order valence-corrected chi connectivity index (χ4v) is 3.19. The van der Waals surface area contributed by atoms with E-state index in [2.05, 4.69) is 34.4 Å². The summed E-state index contributed by atoms with van der Waals surface area (Å²) in [6.45, 7) is 4.22. The molecule has 0 atom stereocenters. The molecule has 0 saturated carbocycles. The number of benzene rings is 2. The van der Waals surface area contributed by atoms with E-state index in [4.69, 9.17) is 16.6 Å². The van der Waals surface area contributed by atoms with Crippen LogP contribution in [0.25, 0.3) is 22.6 Å². The fourth-order valence-electron chi connectivity index (χ4n) is 2.97.